The summed E-state index contributed by atoms with van der Waals surface area (Å²) in [5.74, 6) is 1.45. The first-order valence-corrected chi connectivity index (χ1v) is 12.8. The molecule has 3 aromatic rings. The summed E-state index contributed by atoms with van der Waals surface area (Å²) in [5.41, 5.74) is 3.57. The highest BCUT2D eigenvalue weighted by Gasteiger charge is 2.24. The number of hydrogen-bond acceptors (Lipinski definition) is 7. The number of hydrogen-bond donors (Lipinski definition) is 3. The second kappa shape index (κ2) is 12.2. The fourth-order valence-electron chi connectivity index (χ4n) is 3.63. The lowest BCUT2D eigenvalue weighted by molar-refractivity contribution is 0.0881. The lowest BCUT2D eigenvalue weighted by Crippen LogP contribution is -2.25. The van der Waals surface area contributed by atoms with Gasteiger partial charge in [-0.05, 0) is 70.8 Å². The average molecular weight is 595 g/mol. The number of benzene rings is 2. The van der Waals surface area contributed by atoms with Crippen LogP contribution in [0.15, 0.2) is 42.5 Å². The third-order valence-corrected chi connectivity index (χ3v) is 7.27. The van der Waals surface area contributed by atoms with Gasteiger partial charge < -0.3 is 24.8 Å². The molecule has 0 amide bonds. The van der Waals surface area contributed by atoms with Crippen molar-refractivity contribution in [2.75, 3.05) is 13.2 Å². The van der Waals surface area contributed by atoms with E-state index < -0.39 is 12.2 Å². The van der Waals surface area contributed by atoms with E-state index in [0.29, 0.717) is 21.6 Å². The van der Waals surface area contributed by atoms with Gasteiger partial charge in [-0.2, -0.15) is 0 Å². The summed E-state index contributed by atoms with van der Waals surface area (Å²) < 4.78 is 13.8. The van der Waals surface area contributed by atoms with Gasteiger partial charge in [0.2, 0.25) is 0 Å². The summed E-state index contributed by atoms with van der Waals surface area (Å²) in [6.45, 7) is 8.73. The molecular formula is C26H34IN3O5. The van der Waals surface area contributed by atoms with Crippen molar-refractivity contribution in [3.63, 3.8) is 0 Å². The molecule has 0 unspecified atom stereocenters. The molecule has 1 aromatic heterocycles. The van der Waals surface area contributed by atoms with Crippen LogP contribution < -0.4 is 9.47 Å². The molecule has 3 rings (SSSR count). The second-order valence-corrected chi connectivity index (χ2v) is 10.2. The summed E-state index contributed by atoms with van der Waals surface area (Å²) in [7, 11) is 0. The monoisotopic (exact) mass is 595 g/mol. The third kappa shape index (κ3) is 6.93. The predicted molar refractivity (Wildman–Crippen MR) is 142 cm³/mol. The number of rotatable bonds is 12. The van der Waals surface area contributed by atoms with E-state index in [4.69, 9.17) is 9.47 Å². The van der Waals surface area contributed by atoms with Gasteiger partial charge in [0, 0.05) is 5.41 Å². The standard InChI is InChI=1S/C26H34IN3O5/c1-5-20(32)15-35-24-11-8-19(12-17(24)2)26(3,4)18-6-9-22(10-7-18)34-16-21(33)13-30-25(27)23(14-31)28-29-30/h6-12,20-21,31-33H,5,13-16H2,1-4H3/t20-,21+/m0/s1. The van der Waals surface area contributed by atoms with E-state index in [0.717, 1.165) is 22.4 Å². The number of ether oxygens (including phenoxy) is 2. The van der Waals surface area contributed by atoms with Gasteiger partial charge in [-0.3, -0.25) is 0 Å². The smallest absolute Gasteiger partial charge is 0.125 e. The summed E-state index contributed by atoms with van der Waals surface area (Å²) >= 11 is 2.05. The number of nitrogens with zero attached hydrogens (tertiary/aromatic N) is 3. The molecule has 0 radical (unpaired) electrons. The first kappa shape index (κ1) is 27.4. The van der Waals surface area contributed by atoms with Crippen molar-refractivity contribution < 1.29 is 24.8 Å². The van der Waals surface area contributed by atoms with Crippen LogP contribution in [0.2, 0.25) is 0 Å². The van der Waals surface area contributed by atoms with Gasteiger partial charge in [0.1, 0.15) is 40.2 Å². The first-order valence-electron chi connectivity index (χ1n) is 11.7. The fraction of sp³-hybridized carbons (Fsp3) is 0.462. The van der Waals surface area contributed by atoms with Crippen molar-refractivity contribution in [2.45, 2.75) is 64.9 Å². The highest BCUT2D eigenvalue weighted by atomic mass is 127. The SMILES string of the molecule is CC[C@H](O)COc1ccc(C(C)(C)c2ccc(OC[C@H](O)Cn3nnc(CO)c3I)cc2)cc1C. The maximum atomic E-state index is 10.3. The van der Waals surface area contributed by atoms with Gasteiger partial charge in [0.05, 0.1) is 19.3 Å². The van der Waals surface area contributed by atoms with Crippen LogP contribution in [-0.2, 0) is 18.6 Å². The van der Waals surface area contributed by atoms with Crippen LogP contribution >= 0.6 is 22.6 Å². The zero-order valence-corrected chi connectivity index (χ0v) is 22.8. The molecule has 0 aliphatic carbocycles. The zero-order valence-electron chi connectivity index (χ0n) is 20.6. The van der Waals surface area contributed by atoms with Crippen LogP contribution in [0, 0.1) is 10.6 Å². The molecule has 2 aromatic carbocycles. The van der Waals surface area contributed by atoms with Crippen molar-refractivity contribution in [3.05, 3.63) is 68.5 Å². The Morgan fingerprint density at radius 1 is 1.00 bits per heavy atom. The molecule has 1 heterocycles. The molecule has 190 valence electrons. The summed E-state index contributed by atoms with van der Waals surface area (Å²) in [4.78, 5) is 0. The van der Waals surface area contributed by atoms with Crippen LogP contribution in [0.4, 0.5) is 0 Å². The largest absolute Gasteiger partial charge is 0.491 e. The highest BCUT2D eigenvalue weighted by molar-refractivity contribution is 14.1. The van der Waals surface area contributed by atoms with Crippen LogP contribution in [0.3, 0.4) is 0 Å². The van der Waals surface area contributed by atoms with E-state index in [2.05, 4.69) is 36.3 Å². The number of aliphatic hydroxyl groups excluding tert-OH is 3. The van der Waals surface area contributed by atoms with Crippen molar-refractivity contribution in [1.29, 1.82) is 0 Å². The molecule has 8 nitrogen and oxygen atoms in total. The Morgan fingerprint density at radius 3 is 2.26 bits per heavy atom. The van der Waals surface area contributed by atoms with Gasteiger partial charge in [-0.25, -0.2) is 4.68 Å². The minimum Gasteiger partial charge on any atom is -0.491 e. The Hall–Kier alpha value is -2.21. The molecule has 0 aliphatic heterocycles. The fourth-order valence-corrected chi connectivity index (χ4v) is 4.21. The van der Waals surface area contributed by atoms with Crippen molar-refractivity contribution >= 4 is 22.6 Å². The minimum atomic E-state index is -0.768. The molecule has 2 atom stereocenters. The lowest BCUT2D eigenvalue weighted by Gasteiger charge is -2.27. The number of aryl methyl sites for hydroxylation is 1. The van der Waals surface area contributed by atoms with Gasteiger partial charge in [0.25, 0.3) is 0 Å². The minimum absolute atomic E-state index is 0.112. The molecule has 0 bridgehead atoms. The molecule has 0 saturated heterocycles. The Balaban J connectivity index is 1.60. The number of aliphatic hydroxyl groups is 3. The Kier molecular flexibility index (Phi) is 9.51. The zero-order chi connectivity index (χ0) is 25.6. The van der Waals surface area contributed by atoms with Gasteiger partial charge in [-0.1, -0.05) is 50.3 Å². The maximum Gasteiger partial charge on any atom is 0.125 e. The third-order valence-electron chi connectivity index (χ3n) is 6.09. The molecule has 0 saturated carbocycles. The van der Waals surface area contributed by atoms with Crippen LogP contribution in [0.25, 0.3) is 0 Å². The van der Waals surface area contributed by atoms with Crippen molar-refractivity contribution in [1.82, 2.24) is 15.0 Å². The van der Waals surface area contributed by atoms with E-state index >= 15 is 0 Å². The lowest BCUT2D eigenvalue weighted by atomic mass is 9.77. The summed E-state index contributed by atoms with van der Waals surface area (Å²) in [6.07, 6.45) is -0.567. The Morgan fingerprint density at radius 2 is 1.66 bits per heavy atom. The Labute approximate surface area is 220 Å². The topological polar surface area (TPSA) is 110 Å². The molecule has 0 fully saturated rings. The van der Waals surface area contributed by atoms with E-state index in [1.54, 1.807) is 4.68 Å². The Bertz CT molecular complexity index is 1100. The molecule has 0 aliphatic rings. The molecule has 9 heteroatoms. The van der Waals surface area contributed by atoms with Gasteiger partial charge in [0.15, 0.2) is 0 Å². The van der Waals surface area contributed by atoms with Gasteiger partial charge in [-0.15, -0.1) is 5.10 Å². The van der Waals surface area contributed by atoms with E-state index in [1.165, 1.54) is 0 Å². The summed E-state index contributed by atoms with van der Waals surface area (Å²) in [6, 6.07) is 14.0. The van der Waals surface area contributed by atoms with E-state index in [9.17, 15) is 15.3 Å². The van der Waals surface area contributed by atoms with E-state index in [-0.39, 0.29) is 31.8 Å². The maximum absolute atomic E-state index is 10.3. The van der Waals surface area contributed by atoms with Crippen LogP contribution in [0.1, 0.15) is 49.6 Å². The molecule has 3 N–H and O–H groups in total. The second-order valence-electron chi connectivity index (χ2n) is 9.13. The number of halogens is 1. The quantitative estimate of drug-likeness (QED) is 0.275. The van der Waals surface area contributed by atoms with Crippen LogP contribution in [-0.4, -0.2) is 55.7 Å². The highest BCUT2D eigenvalue weighted by Crippen LogP contribution is 2.34. The molecule has 0 spiro atoms. The first-order chi connectivity index (χ1) is 16.6. The predicted octanol–water partition coefficient (Wildman–Crippen LogP) is 3.60. The van der Waals surface area contributed by atoms with E-state index in [1.807, 2.05) is 66.8 Å². The molecule has 35 heavy (non-hydrogen) atoms. The van der Waals surface area contributed by atoms with Crippen molar-refractivity contribution in [2.24, 2.45) is 0 Å². The normalized spacial score (nSPS) is 13.5. The van der Waals surface area contributed by atoms with Crippen molar-refractivity contribution in [3.8, 4) is 11.5 Å². The number of aromatic nitrogens is 3. The average Bonchev–Trinajstić information content (AvgIpc) is 3.20. The molecular weight excluding hydrogens is 561 g/mol. The summed E-state index contributed by atoms with van der Waals surface area (Å²) in [5, 5.41) is 37.1. The van der Waals surface area contributed by atoms with Crippen LogP contribution in [0.5, 0.6) is 11.5 Å². The van der Waals surface area contributed by atoms with Gasteiger partial charge >= 0.3 is 0 Å².